The van der Waals surface area contributed by atoms with Crippen LogP contribution in [0.15, 0.2) is 101 Å². The van der Waals surface area contributed by atoms with E-state index in [9.17, 15) is 0 Å². The summed E-state index contributed by atoms with van der Waals surface area (Å²) in [4.78, 5) is 10.9. The van der Waals surface area contributed by atoms with Crippen LogP contribution >= 0.6 is 11.8 Å². The van der Waals surface area contributed by atoms with Gasteiger partial charge in [-0.1, -0.05) is 29.7 Å². The van der Waals surface area contributed by atoms with Crippen molar-refractivity contribution in [3.05, 3.63) is 110 Å². The Morgan fingerprint density at radius 3 is 2.62 bits per heavy atom. The Bertz CT molecular complexity index is 1350. The van der Waals surface area contributed by atoms with E-state index < -0.39 is 0 Å². The van der Waals surface area contributed by atoms with E-state index in [1.807, 2.05) is 61.3 Å². The average Bonchev–Trinajstić information content (AvgIpc) is 3.29. The van der Waals surface area contributed by atoms with Crippen molar-refractivity contribution in [3.63, 3.8) is 0 Å². The van der Waals surface area contributed by atoms with Crippen molar-refractivity contribution in [2.75, 3.05) is 11.9 Å². The molecule has 0 amide bonds. The fourth-order valence-corrected chi connectivity index (χ4v) is 5.26. The van der Waals surface area contributed by atoms with Crippen molar-refractivity contribution in [1.29, 1.82) is 0 Å². The van der Waals surface area contributed by atoms with Crippen molar-refractivity contribution < 1.29 is 25.8 Å². The van der Waals surface area contributed by atoms with Gasteiger partial charge in [-0.2, -0.15) is 53.6 Å². The van der Waals surface area contributed by atoms with Crippen molar-refractivity contribution >= 4 is 40.6 Å². The molecule has 0 spiro atoms. The third-order valence-electron chi connectivity index (χ3n) is 5.66. The molecule has 0 bridgehead atoms. The molecule has 6 rings (SSSR count). The van der Waals surface area contributed by atoms with Crippen molar-refractivity contribution in [2.45, 2.75) is 9.79 Å². The van der Waals surface area contributed by atoms with Gasteiger partial charge in [-0.15, -0.1) is 28.8 Å². The third kappa shape index (κ3) is 4.40. The summed E-state index contributed by atoms with van der Waals surface area (Å²) in [5.41, 5.74) is 4.47. The maximum absolute atomic E-state index is 5.99. The van der Waals surface area contributed by atoms with Gasteiger partial charge in [0, 0.05) is 39.1 Å². The monoisotopic (exact) mass is 639 g/mol. The Morgan fingerprint density at radius 2 is 1.79 bits per heavy atom. The first-order chi connectivity index (χ1) is 16.2. The van der Waals surface area contributed by atoms with Crippen LogP contribution in [-0.4, -0.2) is 23.6 Å². The summed E-state index contributed by atoms with van der Waals surface area (Å²) >= 11 is 1.80. The van der Waals surface area contributed by atoms with E-state index in [0.717, 1.165) is 16.6 Å². The summed E-state index contributed by atoms with van der Waals surface area (Å²) in [6, 6.07) is 31.8. The molecule has 4 aromatic rings. The Labute approximate surface area is 219 Å². The van der Waals surface area contributed by atoms with Crippen molar-refractivity contribution in [2.24, 2.45) is 0 Å². The summed E-state index contributed by atoms with van der Waals surface area (Å²) in [5.74, 6) is 1.21. The predicted octanol–water partition coefficient (Wildman–Crippen LogP) is 3.79. The van der Waals surface area contributed by atoms with Gasteiger partial charge in [0.25, 0.3) is 0 Å². The maximum Gasteiger partial charge on any atom is 0.216 e. The van der Waals surface area contributed by atoms with Crippen LogP contribution in [0.4, 0.5) is 5.69 Å². The minimum atomic E-state index is 0. The molecule has 0 saturated carbocycles. The van der Waals surface area contributed by atoms with Crippen LogP contribution in [0.1, 0.15) is 0 Å². The van der Waals surface area contributed by atoms with E-state index in [-0.39, 0.29) is 27.8 Å². The second kappa shape index (κ2) is 9.73. The van der Waals surface area contributed by atoms with Gasteiger partial charge in [-0.3, -0.25) is 0 Å². The standard InChI is InChI=1S/C27H19BN3OS.Pt/c1-30-15-16-31(19-30)21-12-13-26-24(18-21)28(23-9-2-3-10-25(23)33-26)20-7-6-8-22(17-20)32-27-11-4-5-14-29-27;/h2-16,19H,1H3;/q-3;. The van der Waals surface area contributed by atoms with Crippen LogP contribution in [0, 0.1) is 18.8 Å². The Balaban J connectivity index is 0.00000241. The molecule has 0 unspecified atom stereocenters. The summed E-state index contributed by atoms with van der Waals surface area (Å²) in [5, 5.41) is 0. The van der Waals surface area contributed by atoms with Gasteiger partial charge in [0.1, 0.15) is 0 Å². The van der Waals surface area contributed by atoms with E-state index in [1.54, 1.807) is 18.0 Å². The van der Waals surface area contributed by atoms with Gasteiger partial charge in [0.15, 0.2) is 6.71 Å². The second-order valence-corrected chi connectivity index (χ2v) is 9.00. The quantitative estimate of drug-likeness (QED) is 0.221. The first kappa shape index (κ1) is 22.8. The smallest absolute Gasteiger partial charge is 0.216 e. The van der Waals surface area contributed by atoms with Gasteiger partial charge in [-0.05, 0) is 36.5 Å². The average molecular weight is 639 g/mol. The van der Waals surface area contributed by atoms with E-state index in [4.69, 9.17) is 4.74 Å². The fourth-order valence-electron chi connectivity index (χ4n) is 4.15. The molecule has 0 radical (unpaired) electrons. The molecule has 0 saturated heterocycles. The molecule has 0 N–H and O–H groups in total. The first-order valence-electron chi connectivity index (χ1n) is 10.7. The Kier molecular flexibility index (Phi) is 6.53. The summed E-state index contributed by atoms with van der Waals surface area (Å²) < 4.78 is 5.99. The topological polar surface area (TPSA) is 28.6 Å². The maximum atomic E-state index is 5.99. The number of nitrogens with zero attached hydrogens (tertiary/aromatic N) is 3. The number of rotatable bonds is 4. The van der Waals surface area contributed by atoms with E-state index in [2.05, 4.69) is 64.5 Å². The molecule has 170 valence electrons. The van der Waals surface area contributed by atoms with Crippen LogP contribution < -0.4 is 26.0 Å². The molecule has 2 aliphatic heterocycles. The van der Waals surface area contributed by atoms with Crippen LogP contribution in [0.5, 0.6) is 11.6 Å². The summed E-state index contributed by atoms with van der Waals surface area (Å²) in [6.45, 7) is 2.05. The van der Waals surface area contributed by atoms with Gasteiger partial charge in [0.05, 0.1) is 0 Å². The molecular weight excluding hydrogens is 620 g/mol. The predicted molar refractivity (Wildman–Crippen MR) is 134 cm³/mol. The van der Waals surface area contributed by atoms with Crippen LogP contribution in [-0.2, 0) is 21.1 Å². The molecular formula is C27H19BN3OPtS-3. The van der Waals surface area contributed by atoms with Gasteiger partial charge >= 0.3 is 0 Å². The first-order valence-corrected chi connectivity index (χ1v) is 11.5. The Morgan fingerprint density at radius 1 is 0.912 bits per heavy atom. The number of pyridine rings is 1. The molecule has 0 aliphatic carbocycles. The molecule has 4 nitrogen and oxygen atoms in total. The minimum absolute atomic E-state index is 0. The number of anilines is 1. The summed E-state index contributed by atoms with van der Waals surface area (Å²) in [6.07, 6.45) is 5.80. The molecule has 1 aromatic heterocycles. The molecule has 0 atom stereocenters. The van der Waals surface area contributed by atoms with Gasteiger partial charge in [0.2, 0.25) is 5.88 Å². The number of fused-ring (bicyclic) bond motifs is 2. The van der Waals surface area contributed by atoms with E-state index >= 15 is 0 Å². The third-order valence-corrected chi connectivity index (χ3v) is 6.83. The largest absolute Gasteiger partial charge is 0.510 e. The van der Waals surface area contributed by atoms with Crippen LogP contribution in [0.3, 0.4) is 0 Å². The zero-order valence-corrected chi connectivity index (χ0v) is 21.4. The molecule has 7 heteroatoms. The zero-order chi connectivity index (χ0) is 22.2. The van der Waals surface area contributed by atoms with E-state index in [1.165, 1.54) is 15.3 Å². The Hall–Kier alpha value is -2.95. The molecule has 0 fully saturated rings. The molecule has 3 aromatic carbocycles. The van der Waals surface area contributed by atoms with Crippen LogP contribution in [0.25, 0.3) is 0 Å². The number of aromatic nitrogens is 1. The zero-order valence-electron chi connectivity index (χ0n) is 18.3. The van der Waals surface area contributed by atoms with Crippen LogP contribution in [0.2, 0.25) is 0 Å². The number of ether oxygens (including phenoxy) is 1. The minimum Gasteiger partial charge on any atom is -0.510 e. The number of hydrogen-bond acceptors (Lipinski definition) is 5. The number of hydrogen-bond donors (Lipinski definition) is 0. The van der Waals surface area contributed by atoms with Gasteiger partial charge in [-0.25, -0.2) is 4.98 Å². The molecule has 34 heavy (non-hydrogen) atoms. The summed E-state index contributed by atoms with van der Waals surface area (Å²) in [7, 11) is 2.02. The normalized spacial score (nSPS) is 13.9. The fraction of sp³-hybridized carbons (Fsp3) is 0.0370. The van der Waals surface area contributed by atoms with Crippen molar-refractivity contribution in [1.82, 2.24) is 9.88 Å². The van der Waals surface area contributed by atoms with Crippen molar-refractivity contribution in [3.8, 4) is 11.6 Å². The molecule has 3 heterocycles. The van der Waals surface area contributed by atoms with Gasteiger partial charge < -0.3 is 14.5 Å². The van der Waals surface area contributed by atoms with E-state index in [0.29, 0.717) is 11.6 Å². The molecule has 2 aliphatic rings. The second-order valence-electron chi connectivity index (χ2n) is 7.92. The SMILES string of the molecule is CN1C=CN(c2[c-]c3c(cc2)Sc2ccccc2B3c2[c-]c(Oc3ccccn3)ccc2)[CH-]1.[Pt]. The number of benzene rings is 3.